The minimum atomic E-state index is 0.268. The third kappa shape index (κ3) is 1.52. The molecule has 0 atom stereocenters. The first-order chi connectivity index (χ1) is 5.95. The number of anilines is 3. The first kappa shape index (κ1) is 9.64. The maximum absolute atomic E-state index is 5.86. The van der Waals surface area contributed by atoms with Gasteiger partial charge in [0, 0.05) is 5.56 Å². The summed E-state index contributed by atoms with van der Waals surface area (Å²) in [4.78, 5) is 4.04. The normalized spacial score (nSPS) is 10.8. The molecule has 0 bridgehead atoms. The van der Waals surface area contributed by atoms with Crippen molar-refractivity contribution in [3.63, 3.8) is 0 Å². The van der Waals surface area contributed by atoms with E-state index in [1.54, 1.807) is 0 Å². The lowest BCUT2D eigenvalue weighted by molar-refractivity contribution is 0.868. The smallest absolute Gasteiger partial charge is 0.147 e. The van der Waals surface area contributed by atoms with Crippen LogP contribution in [0.1, 0.15) is 31.0 Å². The van der Waals surface area contributed by atoms with E-state index in [4.69, 9.17) is 17.2 Å². The molecule has 0 aliphatic heterocycles. The molecule has 13 heavy (non-hydrogen) atoms. The summed E-state index contributed by atoms with van der Waals surface area (Å²) in [6.07, 6.45) is 0. The van der Waals surface area contributed by atoms with Gasteiger partial charge in [0.2, 0.25) is 0 Å². The molecule has 0 amide bonds. The highest BCUT2D eigenvalue weighted by Gasteiger charge is 2.14. The van der Waals surface area contributed by atoms with Crippen LogP contribution in [0.15, 0.2) is 0 Å². The lowest BCUT2D eigenvalue weighted by Crippen LogP contribution is -2.09. The summed E-state index contributed by atoms with van der Waals surface area (Å²) < 4.78 is 0. The Hall–Kier alpha value is -1.45. The standard InChI is InChI=1S/C9H16N4/c1-4(2)6-7(10)5(3)13-9(12)8(6)11/h4H,10-11H2,1-3H3,(H2,12,13). The van der Waals surface area contributed by atoms with E-state index in [-0.39, 0.29) is 5.92 Å². The highest BCUT2D eigenvalue weighted by molar-refractivity contribution is 5.73. The lowest BCUT2D eigenvalue weighted by Gasteiger charge is -2.15. The van der Waals surface area contributed by atoms with E-state index in [2.05, 4.69) is 4.98 Å². The van der Waals surface area contributed by atoms with E-state index in [0.717, 1.165) is 11.3 Å². The number of rotatable bonds is 1. The third-order valence-electron chi connectivity index (χ3n) is 2.11. The van der Waals surface area contributed by atoms with Crippen molar-refractivity contribution in [2.45, 2.75) is 26.7 Å². The van der Waals surface area contributed by atoms with Crippen molar-refractivity contribution in [1.29, 1.82) is 0 Å². The molecule has 0 aromatic carbocycles. The lowest BCUT2D eigenvalue weighted by atomic mass is 9.99. The Balaban J connectivity index is 3.46. The van der Waals surface area contributed by atoms with E-state index >= 15 is 0 Å². The van der Waals surface area contributed by atoms with Gasteiger partial charge in [-0.25, -0.2) is 4.98 Å². The van der Waals surface area contributed by atoms with Crippen LogP contribution in [-0.2, 0) is 0 Å². The third-order valence-corrected chi connectivity index (χ3v) is 2.11. The van der Waals surface area contributed by atoms with Crippen LogP contribution in [0, 0.1) is 6.92 Å². The van der Waals surface area contributed by atoms with E-state index in [1.165, 1.54) is 0 Å². The molecule has 4 heteroatoms. The van der Waals surface area contributed by atoms with E-state index < -0.39 is 0 Å². The molecule has 0 saturated carbocycles. The summed E-state index contributed by atoms with van der Waals surface area (Å²) >= 11 is 0. The van der Waals surface area contributed by atoms with E-state index in [0.29, 0.717) is 17.2 Å². The fourth-order valence-corrected chi connectivity index (χ4v) is 1.40. The molecule has 72 valence electrons. The Morgan fingerprint density at radius 1 is 1.08 bits per heavy atom. The predicted molar refractivity (Wildman–Crippen MR) is 56.3 cm³/mol. The topological polar surface area (TPSA) is 90.9 Å². The molecule has 0 unspecified atom stereocenters. The Kier molecular flexibility index (Phi) is 2.32. The van der Waals surface area contributed by atoms with Crippen molar-refractivity contribution in [2.75, 3.05) is 17.2 Å². The number of aromatic nitrogens is 1. The molecule has 0 spiro atoms. The summed E-state index contributed by atoms with van der Waals surface area (Å²) in [5.41, 5.74) is 20.1. The zero-order valence-corrected chi connectivity index (χ0v) is 8.26. The summed E-state index contributed by atoms with van der Waals surface area (Å²) in [5, 5.41) is 0. The quantitative estimate of drug-likeness (QED) is 0.606. The van der Waals surface area contributed by atoms with Gasteiger partial charge in [-0.3, -0.25) is 0 Å². The van der Waals surface area contributed by atoms with Crippen LogP contribution in [0.25, 0.3) is 0 Å². The Morgan fingerprint density at radius 3 is 2.08 bits per heavy atom. The summed E-state index contributed by atoms with van der Waals surface area (Å²) in [7, 11) is 0. The van der Waals surface area contributed by atoms with Crippen LogP contribution >= 0.6 is 0 Å². The van der Waals surface area contributed by atoms with E-state index in [9.17, 15) is 0 Å². The van der Waals surface area contributed by atoms with Gasteiger partial charge in [-0.15, -0.1) is 0 Å². The molecule has 1 aromatic heterocycles. The van der Waals surface area contributed by atoms with Gasteiger partial charge >= 0.3 is 0 Å². The van der Waals surface area contributed by atoms with Crippen LogP contribution in [0.5, 0.6) is 0 Å². The first-order valence-corrected chi connectivity index (χ1v) is 4.26. The number of nitrogens with zero attached hydrogens (tertiary/aromatic N) is 1. The van der Waals surface area contributed by atoms with Crippen molar-refractivity contribution in [3.05, 3.63) is 11.3 Å². The number of pyridine rings is 1. The van der Waals surface area contributed by atoms with Gasteiger partial charge in [-0.2, -0.15) is 0 Å². The van der Waals surface area contributed by atoms with Crippen LogP contribution in [-0.4, -0.2) is 4.98 Å². The van der Waals surface area contributed by atoms with Gasteiger partial charge in [0.25, 0.3) is 0 Å². The largest absolute Gasteiger partial charge is 0.397 e. The second-order valence-corrected chi connectivity index (χ2v) is 3.48. The van der Waals surface area contributed by atoms with Gasteiger partial charge < -0.3 is 17.2 Å². The van der Waals surface area contributed by atoms with Crippen molar-refractivity contribution in [2.24, 2.45) is 0 Å². The molecule has 0 radical (unpaired) electrons. The minimum absolute atomic E-state index is 0.268. The van der Waals surface area contributed by atoms with Gasteiger partial charge in [0.05, 0.1) is 17.1 Å². The van der Waals surface area contributed by atoms with Crippen LogP contribution in [0.4, 0.5) is 17.2 Å². The SMILES string of the molecule is Cc1nc(N)c(N)c(C(C)C)c1N. The molecule has 0 saturated heterocycles. The molecule has 1 rings (SSSR count). The van der Waals surface area contributed by atoms with Crippen LogP contribution in [0.3, 0.4) is 0 Å². The minimum Gasteiger partial charge on any atom is -0.397 e. The fraction of sp³-hybridized carbons (Fsp3) is 0.444. The summed E-state index contributed by atoms with van der Waals surface area (Å²) in [6.45, 7) is 5.89. The Labute approximate surface area is 78.1 Å². The average molecular weight is 180 g/mol. The van der Waals surface area contributed by atoms with Crippen LogP contribution < -0.4 is 17.2 Å². The molecule has 0 aliphatic rings. The highest BCUT2D eigenvalue weighted by Crippen LogP contribution is 2.32. The number of hydrogen-bond donors (Lipinski definition) is 3. The molecule has 0 fully saturated rings. The van der Waals surface area contributed by atoms with Crippen LogP contribution in [0.2, 0.25) is 0 Å². The van der Waals surface area contributed by atoms with Gasteiger partial charge in [0.1, 0.15) is 5.82 Å². The first-order valence-electron chi connectivity index (χ1n) is 4.26. The summed E-state index contributed by atoms with van der Waals surface area (Å²) in [5.74, 6) is 0.638. The molecule has 0 aliphatic carbocycles. The number of nitrogens with two attached hydrogens (primary N) is 3. The maximum atomic E-state index is 5.86. The average Bonchev–Trinajstić information content (AvgIpc) is 2.01. The highest BCUT2D eigenvalue weighted by atomic mass is 14.9. The molecule has 1 heterocycles. The molecule has 4 nitrogen and oxygen atoms in total. The van der Waals surface area contributed by atoms with Crippen molar-refractivity contribution >= 4 is 17.2 Å². The van der Waals surface area contributed by atoms with Gasteiger partial charge in [0.15, 0.2) is 0 Å². The second-order valence-electron chi connectivity index (χ2n) is 3.48. The van der Waals surface area contributed by atoms with Crippen molar-refractivity contribution in [3.8, 4) is 0 Å². The zero-order chi connectivity index (χ0) is 10.2. The maximum Gasteiger partial charge on any atom is 0.147 e. The monoisotopic (exact) mass is 180 g/mol. The molecule has 1 aromatic rings. The van der Waals surface area contributed by atoms with Crippen molar-refractivity contribution < 1.29 is 0 Å². The molecule has 6 N–H and O–H groups in total. The number of hydrogen-bond acceptors (Lipinski definition) is 4. The van der Waals surface area contributed by atoms with Gasteiger partial charge in [-0.1, -0.05) is 13.8 Å². The number of nitrogen functional groups attached to an aromatic ring is 3. The Morgan fingerprint density at radius 2 is 1.62 bits per heavy atom. The molecular weight excluding hydrogens is 164 g/mol. The summed E-state index contributed by atoms with van der Waals surface area (Å²) in [6, 6.07) is 0. The zero-order valence-electron chi connectivity index (χ0n) is 8.26. The van der Waals surface area contributed by atoms with E-state index in [1.807, 2.05) is 20.8 Å². The number of aryl methyl sites for hydroxylation is 1. The Bertz CT molecular complexity index is 305. The molecular formula is C9H16N4. The van der Waals surface area contributed by atoms with Gasteiger partial charge in [-0.05, 0) is 12.8 Å². The fourth-order valence-electron chi connectivity index (χ4n) is 1.40. The second kappa shape index (κ2) is 3.12. The van der Waals surface area contributed by atoms with Crippen molar-refractivity contribution in [1.82, 2.24) is 4.98 Å². The predicted octanol–water partition coefficient (Wildman–Crippen LogP) is 1.26.